The minimum absolute atomic E-state index is 0. The Morgan fingerprint density at radius 2 is 1.65 bits per heavy atom. The van der Waals surface area contributed by atoms with Gasteiger partial charge in [0, 0.05) is 35.8 Å². The zero-order chi connectivity index (χ0) is 13.2. The first-order valence-electron chi connectivity index (χ1n) is 6.69. The van der Waals surface area contributed by atoms with E-state index in [0.717, 1.165) is 26.2 Å². The Morgan fingerprint density at radius 3 is 2.15 bits per heavy atom. The van der Waals surface area contributed by atoms with Crippen LogP contribution in [0.15, 0.2) is 24.3 Å². The highest BCUT2D eigenvalue weighted by Crippen LogP contribution is 2.39. The Kier molecular flexibility index (Phi) is 8.98. The molecule has 1 saturated heterocycles. The van der Waals surface area contributed by atoms with E-state index in [2.05, 4.69) is 77.8 Å². The van der Waals surface area contributed by atoms with Crippen LogP contribution in [-0.2, 0) is 0 Å². The molecule has 0 aliphatic carbocycles. The van der Waals surface area contributed by atoms with Gasteiger partial charge in [-0.15, -0.1) is 24.8 Å². The third-order valence-electron chi connectivity index (χ3n) is 3.54. The number of halogens is 3. The average Bonchev–Trinajstić information content (AvgIpc) is 2.32. The summed E-state index contributed by atoms with van der Waals surface area (Å²) in [6, 6.07) is 9.31. The van der Waals surface area contributed by atoms with Crippen molar-refractivity contribution in [1.82, 2.24) is 10.2 Å². The molecule has 5 heteroatoms. The van der Waals surface area contributed by atoms with Crippen LogP contribution in [0, 0.1) is 8.99 Å². The Labute approximate surface area is 149 Å². The van der Waals surface area contributed by atoms with Crippen molar-refractivity contribution in [2.75, 3.05) is 26.2 Å². The standard InChI is InChI=1S/C15H23IN2.2ClH/c1-15(2,3)14(18-10-8-17-9-11-18)12-6-4-5-7-13(12)16;;/h4-7,14,17H,8-11H2,1-3H3;2*1H/t14-;;/m0../s1. The first kappa shape index (κ1) is 20.5. The molecule has 0 saturated carbocycles. The Hall–Kier alpha value is 0.450. The van der Waals surface area contributed by atoms with Gasteiger partial charge in [-0.05, 0) is 39.6 Å². The van der Waals surface area contributed by atoms with Gasteiger partial charge in [0.15, 0.2) is 0 Å². The van der Waals surface area contributed by atoms with Gasteiger partial charge in [0.25, 0.3) is 0 Å². The number of piperazine rings is 1. The molecule has 1 aliphatic rings. The third kappa shape index (κ3) is 5.02. The van der Waals surface area contributed by atoms with Crippen LogP contribution in [0.5, 0.6) is 0 Å². The number of nitrogens with zero attached hydrogens (tertiary/aromatic N) is 1. The molecule has 1 heterocycles. The predicted octanol–water partition coefficient (Wildman–Crippen LogP) is 4.13. The van der Waals surface area contributed by atoms with E-state index in [0.29, 0.717) is 6.04 Å². The second kappa shape index (κ2) is 8.79. The molecule has 1 aromatic carbocycles. The molecule has 0 spiro atoms. The Bertz CT molecular complexity index is 401. The first-order valence-corrected chi connectivity index (χ1v) is 7.77. The van der Waals surface area contributed by atoms with E-state index in [1.807, 2.05) is 0 Å². The van der Waals surface area contributed by atoms with Gasteiger partial charge in [0.05, 0.1) is 0 Å². The van der Waals surface area contributed by atoms with E-state index in [-0.39, 0.29) is 30.2 Å². The maximum absolute atomic E-state index is 3.44. The van der Waals surface area contributed by atoms with Crippen molar-refractivity contribution in [3.8, 4) is 0 Å². The molecule has 2 nitrogen and oxygen atoms in total. The Morgan fingerprint density at radius 1 is 1.10 bits per heavy atom. The topological polar surface area (TPSA) is 15.3 Å². The summed E-state index contributed by atoms with van der Waals surface area (Å²) in [5.41, 5.74) is 1.74. The smallest absolute Gasteiger partial charge is 0.0408 e. The second-order valence-electron chi connectivity index (χ2n) is 6.08. The molecule has 1 atom stereocenters. The van der Waals surface area contributed by atoms with Gasteiger partial charge in [-0.2, -0.15) is 0 Å². The summed E-state index contributed by atoms with van der Waals surface area (Å²) in [6.45, 7) is 11.6. The molecule has 1 fully saturated rings. The van der Waals surface area contributed by atoms with Crippen LogP contribution in [-0.4, -0.2) is 31.1 Å². The van der Waals surface area contributed by atoms with E-state index in [4.69, 9.17) is 0 Å². The molecule has 2 rings (SSSR count). The average molecular weight is 431 g/mol. The Balaban J connectivity index is 0.00000180. The first-order chi connectivity index (χ1) is 8.50. The lowest BCUT2D eigenvalue weighted by Crippen LogP contribution is -2.48. The summed E-state index contributed by atoms with van der Waals surface area (Å²) in [7, 11) is 0. The number of hydrogen-bond acceptors (Lipinski definition) is 2. The number of benzene rings is 1. The third-order valence-corrected chi connectivity index (χ3v) is 4.52. The molecule has 0 amide bonds. The maximum Gasteiger partial charge on any atom is 0.0408 e. The van der Waals surface area contributed by atoms with E-state index >= 15 is 0 Å². The van der Waals surface area contributed by atoms with Crippen molar-refractivity contribution in [3.05, 3.63) is 33.4 Å². The summed E-state index contributed by atoms with van der Waals surface area (Å²) >= 11 is 2.47. The summed E-state index contributed by atoms with van der Waals surface area (Å²) in [6.07, 6.45) is 0. The lowest BCUT2D eigenvalue weighted by Gasteiger charge is -2.43. The minimum Gasteiger partial charge on any atom is -0.314 e. The van der Waals surface area contributed by atoms with Crippen molar-refractivity contribution in [3.63, 3.8) is 0 Å². The largest absolute Gasteiger partial charge is 0.314 e. The number of hydrogen-bond donors (Lipinski definition) is 1. The number of rotatable bonds is 2. The van der Waals surface area contributed by atoms with Gasteiger partial charge in [-0.25, -0.2) is 0 Å². The van der Waals surface area contributed by atoms with Gasteiger partial charge in [0.2, 0.25) is 0 Å². The molecule has 0 bridgehead atoms. The minimum atomic E-state index is 0. The fourth-order valence-electron chi connectivity index (χ4n) is 2.85. The summed E-state index contributed by atoms with van der Waals surface area (Å²) in [5, 5.41) is 3.44. The van der Waals surface area contributed by atoms with E-state index < -0.39 is 0 Å². The van der Waals surface area contributed by atoms with Crippen LogP contribution in [0.25, 0.3) is 0 Å². The van der Waals surface area contributed by atoms with E-state index in [1.54, 1.807) is 0 Å². The molecular weight excluding hydrogens is 406 g/mol. The lowest BCUT2D eigenvalue weighted by molar-refractivity contribution is 0.0856. The fourth-order valence-corrected chi connectivity index (χ4v) is 3.53. The molecule has 1 aromatic rings. The van der Waals surface area contributed by atoms with Crippen molar-refractivity contribution in [2.24, 2.45) is 5.41 Å². The summed E-state index contributed by atoms with van der Waals surface area (Å²) in [5.74, 6) is 0. The van der Waals surface area contributed by atoms with E-state index in [9.17, 15) is 0 Å². The molecule has 0 radical (unpaired) electrons. The van der Waals surface area contributed by atoms with Crippen molar-refractivity contribution in [2.45, 2.75) is 26.8 Å². The van der Waals surface area contributed by atoms with Gasteiger partial charge in [-0.1, -0.05) is 39.0 Å². The number of nitrogens with one attached hydrogen (secondary N) is 1. The second-order valence-corrected chi connectivity index (χ2v) is 7.24. The quantitative estimate of drug-likeness (QED) is 0.709. The van der Waals surface area contributed by atoms with Crippen molar-refractivity contribution < 1.29 is 0 Å². The molecule has 116 valence electrons. The van der Waals surface area contributed by atoms with Crippen LogP contribution >= 0.6 is 47.4 Å². The van der Waals surface area contributed by atoms with Gasteiger partial charge in [0.1, 0.15) is 0 Å². The fraction of sp³-hybridized carbons (Fsp3) is 0.600. The zero-order valence-electron chi connectivity index (χ0n) is 12.4. The van der Waals surface area contributed by atoms with E-state index in [1.165, 1.54) is 9.13 Å². The normalized spacial score (nSPS) is 17.8. The van der Waals surface area contributed by atoms with Crippen LogP contribution in [0.4, 0.5) is 0 Å². The predicted molar refractivity (Wildman–Crippen MR) is 100 cm³/mol. The summed E-state index contributed by atoms with van der Waals surface area (Å²) < 4.78 is 1.38. The van der Waals surface area contributed by atoms with Gasteiger partial charge >= 0.3 is 0 Å². The zero-order valence-corrected chi connectivity index (χ0v) is 16.1. The van der Waals surface area contributed by atoms with Crippen molar-refractivity contribution >= 4 is 47.4 Å². The van der Waals surface area contributed by atoms with Crippen LogP contribution in [0.3, 0.4) is 0 Å². The van der Waals surface area contributed by atoms with Crippen LogP contribution < -0.4 is 5.32 Å². The highest BCUT2D eigenvalue weighted by Gasteiger charge is 2.33. The molecule has 1 N–H and O–H groups in total. The monoisotopic (exact) mass is 430 g/mol. The van der Waals surface area contributed by atoms with Gasteiger partial charge in [-0.3, -0.25) is 4.90 Å². The molecule has 1 aliphatic heterocycles. The lowest BCUT2D eigenvalue weighted by atomic mass is 9.81. The van der Waals surface area contributed by atoms with Crippen molar-refractivity contribution in [1.29, 1.82) is 0 Å². The maximum atomic E-state index is 3.44. The highest BCUT2D eigenvalue weighted by atomic mass is 127. The van der Waals surface area contributed by atoms with Crippen LogP contribution in [0.1, 0.15) is 32.4 Å². The highest BCUT2D eigenvalue weighted by molar-refractivity contribution is 14.1. The molecule has 0 unspecified atom stereocenters. The molecule has 0 aromatic heterocycles. The molecular formula is C15H25Cl2IN2. The van der Waals surface area contributed by atoms with Gasteiger partial charge < -0.3 is 5.32 Å². The summed E-state index contributed by atoms with van der Waals surface area (Å²) in [4.78, 5) is 2.63. The molecule has 20 heavy (non-hydrogen) atoms. The van der Waals surface area contributed by atoms with Crippen LogP contribution in [0.2, 0.25) is 0 Å². The SMILES string of the molecule is CC(C)(C)[C@H](c1ccccc1I)N1CCNCC1.Cl.Cl.